The third kappa shape index (κ3) is 1.24. The SMILES string of the molecule is Cn1ncc(N)c1-c1cnccn1. The Morgan fingerprint density at radius 3 is 2.69 bits per heavy atom. The highest BCUT2D eigenvalue weighted by atomic mass is 15.3. The van der Waals surface area contributed by atoms with Gasteiger partial charge >= 0.3 is 0 Å². The molecule has 2 aromatic heterocycles. The maximum absolute atomic E-state index is 5.72. The van der Waals surface area contributed by atoms with Crippen LogP contribution in [0.25, 0.3) is 11.4 Å². The zero-order valence-corrected chi connectivity index (χ0v) is 7.18. The van der Waals surface area contributed by atoms with Gasteiger partial charge in [-0.15, -0.1) is 0 Å². The van der Waals surface area contributed by atoms with Crippen molar-refractivity contribution in [3.63, 3.8) is 0 Å². The van der Waals surface area contributed by atoms with Crippen LogP contribution in [0.15, 0.2) is 24.8 Å². The molecule has 0 saturated heterocycles. The van der Waals surface area contributed by atoms with Crippen molar-refractivity contribution in [3.8, 4) is 11.4 Å². The van der Waals surface area contributed by atoms with E-state index in [9.17, 15) is 0 Å². The summed E-state index contributed by atoms with van der Waals surface area (Å²) in [5.41, 5.74) is 7.87. The number of hydrogen-bond acceptors (Lipinski definition) is 4. The van der Waals surface area contributed by atoms with Gasteiger partial charge in [0, 0.05) is 19.4 Å². The molecule has 0 radical (unpaired) electrons. The first kappa shape index (κ1) is 7.72. The minimum absolute atomic E-state index is 0.614. The number of hydrogen-bond donors (Lipinski definition) is 1. The molecule has 66 valence electrons. The Kier molecular flexibility index (Phi) is 1.70. The second-order valence-corrected chi connectivity index (χ2v) is 2.66. The largest absolute Gasteiger partial charge is 0.396 e. The highest BCUT2D eigenvalue weighted by Crippen LogP contribution is 2.21. The van der Waals surface area contributed by atoms with E-state index >= 15 is 0 Å². The van der Waals surface area contributed by atoms with Crippen molar-refractivity contribution < 1.29 is 0 Å². The Morgan fingerprint density at radius 1 is 1.31 bits per heavy atom. The summed E-state index contributed by atoms with van der Waals surface area (Å²) < 4.78 is 1.68. The summed E-state index contributed by atoms with van der Waals surface area (Å²) in [4.78, 5) is 8.10. The van der Waals surface area contributed by atoms with Gasteiger partial charge < -0.3 is 5.73 Å². The molecule has 0 unspecified atom stereocenters. The van der Waals surface area contributed by atoms with E-state index in [0.717, 1.165) is 11.4 Å². The van der Waals surface area contributed by atoms with Crippen LogP contribution in [-0.4, -0.2) is 19.7 Å². The summed E-state index contributed by atoms with van der Waals surface area (Å²) in [6, 6.07) is 0. The number of aryl methyl sites for hydroxylation is 1. The van der Waals surface area contributed by atoms with Crippen molar-refractivity contribution in [2.24, 2.45) is 7.05 Å². The maximum Gasteiger partial charge on any atom is 0.111 e. The summed E-state index contributed by atoms with van der Waals surface area (Å²) in [7, 11) is 1.82. The van der Waals surface area contributed by atoms with Crippen molar-refractivity contribution in [1.82, 2.24) is 19.7 Å². The van der Waals surface area contributed by atoms with Gasteiger partial charge in [0.05, 0.1) is 18.1 Å². The van der Waals surface area contributed by atoms with Crippen LogP contribution in [0.1, 0.15) is 0 Å². The van der Waals surface area contributed by atoms with Gasteiger partial charge in [0.25, 0.3) is 0 Å². The van der Waals surface area contributed by atoms with E-state index < -0.39 is 0 Å². The van der Waals surface area contributed by atoms with E-state index in [1.807, 2.05) is 7.05 Å². The lowest BCUT2D eigenvalue weighted by Gasteiger charge is -2.00. The van der Waals surface area contributed by atoms with Gasteiger partial charge in [-0.1, -0.05) is 0 Å². The molecule has 0 spiro atoms. The molecule has 0 amide bonds. The van der Waals surface area contributed by atoms with Gasteiger partial charge in [-0.2, -0.15) is 5.10 Å². The zero-order valence-electron chi connectivity index (χ0n) is 7.18. The second-order valence-electron chi connectivity index (χ2n) is 2.66. The Balaban J connectivity index is 2.59. The van der Waals surface area contributed by atoms with E-state index in [2.05, 4.69) is 15.1 Å². The van der Waals surface area contributed by atoms with Crippen molar-refractivity contribution in [2.45, 2.75) is 0 Å². The zero-order chi connectivity index (χ0) is 9.26. The first-order valence-electron chi connectivity index (χ1n) is 3.83. The van der Waals surface area contributed by atoms with Crippen LogP contribution in [0.5, 0.6) is 0 Å². The van der Waals surface area contributed by atoms with Crippen molar-refractivity contribution in [3.05, 3.63) is 24.8 Å². The number of rotatable bonds is 1. The van der Waals surface area contributed by atoms with Gasteiger partial charge in [0.1, 0.15) is 11.4 Å². The van der Waals surface area contributed by atoms with Crippen LogP contribution in [0, 0.1) is 0 Å². The highest BCUT2D eigenvalue weighted by Gasteiger charge is 2.08. The van der Waals surface area contributed by atoms with E-state index in [1.165, 1.54) is 0 Å². The number of nitrogens with two attached hydrogens (primary N) is 1. The Morgan fingerprint density at radius 2 is 2.15 bits per heavy atom. The number of nitrogen functional groups attached to an aromatic ring is 1. The van der Waals surface area contributed by atoms with E-state index in [-0.39, 0.29) is 0 Å². The smallest absolute Gasteiger partial charge is 0.111 e. The van der Waals surface area contributed by atoms with Gasteiger partial charge in [-0.25, -0.2) is 0 Å². The third-order valence-electron chi connectivity index (χ3n) is 1.77. The van der Waals surface area contributed by atoms with E-state index in [4.69, 9.17) is 5.73 Å². The average molecular weight is 175 g/mol. The Labute approximate surface area is 75.2 Å². The molecule has 5 nitrogen and oxygen atoms in total. The van der Waals surface area contributed by atoms with E-state index in [0.29, 0.717) is 5.69 Å². The van der Waals surface area contributed by atoms with Crippen molar-refractivity contribution in [2.75, 3.05) is 5.73 Å². The molecule has 2 N–H and O–H groups in total. The third-order valence-corrected chi connectivity index (χ3v) is 1.77. The van der Waals surface area contributed by atoms with Crippen LogP contribution in [0.3, 0.4) is 0 Å². The molecule has 0 aliphatic carbocycles. The average Bonchev–Trinajstić information content (AvgIpc) is 2.48. The molecule has 2 rings (SSSR count). The fourth-order valence-corrected chi connectivity index (χ4v) is 1.19. The Hall–Kier alpha value is -1.91. The predicted octanol–water partition coefficient (Wildman–Crippen LogP) is 0.459. The molecular weight excluding hydrogens is 166 g/mol. The summed E-state index contributed by atoms with van der Waals surface area (Å²) in [5, 5.41) is 4.02. The molecule has 0 bridgehead atoms. The fourth-order valence-electron chi connectivity index (χ4n) is 1.19. The summed E-state index contributed by atoms with van der Waals surface area (Å²) in [6.07, 6.45) is 6.51. The summed E-state index contributed by atoms with van der Waals surface area (Å²) in [5.74, 6) is 0. The van der Waals surface area contributed by atoms with Gasteiger partial charge in [0.15, 0.2) is 0 Å². The van der Waals surface area contributed by atoms with Crippen LogP contribution < -0.4 is 5.73 Å². The number of anilines is 1. The predicted molar refractivity (Wildman–Crippen MR) is 48.6 cm³/mol. The van der Waals surface area contributed by atoms with Crippen molar-refractivity contribution in [1.29, 1.82) is 0 Å². The molecule has 13 heavy (non-hydrogen) atoms. The number of nitrogens with zero attached hydrogens (tertiary/aromatic N) is 4. The topological polar surface area (TPSA) is 69.6 Å². The summed E-state index contributed by atoms with van der Waals surface area (Å²) in [6.45, 7) is 0. The lowest BCUT2D eigenvalue weighted by molar-refractivity contribution is 0.773. The van der Waals surface area contributed by atoms with E-state index in [1.54, 1.807) is 29.5 Å². The van der Waals surface area contributed by atoms with Crippen molar-refractivity contribution >= 4 is 5.69 Å². The molecule has 5 heteroatoms. The van der Waals surface area contributed by atoms with Crippen LogP contribution in [0.2, 0.25) is 0 Å². The quantitative estimate of drug-likeness (QED) is 0.683. The molecule has 0 fully saturated rings. The minimum Gasteiger partial charge on any atom is -0.396 e. The van der Waals surface area contributed by atoms with Crippen LogP contribution >= 0.6 is 0 Å². The van der Waals surface area contributed by atoms with Crippen LogP contribution in [0.4, 0.5) is 5.69 Å². The standard InChI is InChI=1S/C8H9N5/c1-13-8(6(9)4-12-13)7-5-10-2-3-11-7/h2-5H,9H2,1H3. The first-order valence-corrected chi connectivity index (χ1v) is 3.83. The summed E-state index contributed by atoms with van der Waals surface area (Å²) >= 11 is 0. The van der Waals surface area contributed by atoms with Gasteiger partial charge in [-0.3, -0.25) is 14.6 Å². The molecule has 0 atom stereocenters. The minimum atomic E-state index is 0.614. The molecule has 0 saturated carbocycles. The monoisotopic (exact) mass is 175 g/mol. The molecule has 0 aliphatic rings. The fraction of sp³-hybridized carbons (Fsp3) is 0.125. The maximum atomic E-state index is 5.72. The molecule has 0 aliphatic heterocycles. The molecule has 2 aromatic rings. The second kappa shape index (κ2) is 2.85. The highest BCUT2D eigenvalue weighted by molar-refractivity contribution is 5.68. The lowest BCUT2D eigenvalue weighted by Crippen LogP contribution is -1.97. The molecule has 2 heterocycles. The first-order chi connectivity index (χ1) is 6.29. The van der Waals surface area contributed by atoms with Gasteiger partial charge in [0.2, 0.25) is 0 Å². The molecule has 0 aromatic carbocycles. The van der Waals surface area contributed by atoms with Crippen LogP contribution in [-0.2, 0) is 7.05 Å². The normalized spacial score (nSPS) is 10.2. The molecular formula is C8H9N5. The number of aromatic nitrogens is 4. The van der Waals surface area contributed by atoms with Gasteiger partial charge in [-0.05, 0) is 0 Å². The Bertz CT molecular complexity index is 386. The lowest BCUT2D eigenvalue weighted by atomic mass is 10.3.